The van der Waals surface area contributed by atoms with E-state index in [0.717, 1.165) is 31.2 Å². The van der Waals surface area contributed by atoms with Crippen molar-refractivity contribution in [2.45, 2.75) is 88.4 Å². The number of amides is 2. The van der Waals surface area contributed by atoms with Gasteiger partial charge in [0.25, 0.3) is 0 Å². The van der Waals surface area contributed by atoms with Crippen LogP contribution in [0.25, 0.3) is 0 Å². The maximum absolute atomic E-state index is 13.7. The first-order valence-electron chi connectivity index (χ1n) is 15.0. The predicted octanol–water partition coefficient (Wildman–Crippen LogP) is 4.04. The highest BCUT2D eigenvalue weighted by Crippen LogP contribution is 2.38. The number of ether oxygens (including phenoxy) is 1. The molecular formula is C32H41N3O7. The third kappa shape index (κ3) is 6.24. The third-order valence-electron chi connectivity index (χ3n) is 9.11. The van der Waals surface area contributed by atoms with Crippen molar-refractivity contribution in [1.29, 1.82) is 0 Å². The van der Waals surface area contributed by atoms with Gasteiger partial charge >= 0.3 is 5.97 Å². The second kappa shape index (κ2) is 12.3. The van der Waals surface area contributed by atoms with E-state index in [4.69, 9.17) is 9.84 Å². The Morgan fingerprint density at radius 3 is 2.31 bits per heavy atom. The Bertz CT molecular complexity index is 1300. The predicted molar refractivity (Wildman–Crippen MR) is 155 cm³/mol. The molecule has 2 heterocycles. The van der Waals surface area contributed by atoms with Crippen molar-refractivity contribution in [2.24, 2.45) is 0 Å². The van der Waals surface area contributed by atoms with E-state index in [1.807, 2.05) is 29.2 Å². The van der Waals surface area contributed by atoms with Crippen LogP contribution >= 0.6 is 0 Å². The van der Waals surface area contributed by atoms with Gasteiger partial charge in [-0.15, -0.1) is 0 Å². The highest BCUT2D eigenvalue weighted by Gasteiger charge is 2.54. The zero-order valence-corrected chi connectivity index (χ0v) is 24.2. The van der Waals surface area contributed by atoms with Crippen LogP contribution in [0.5, 0.6) is 17.2 Å². The SMILES string of the molecule is CCCCN1C(=O)[C@@H](CC2(O)CCCC2)NC(=O)C12CCN(Cc1ccc(Oc3ccc(C(=O)O)c(O)c3)cc1)CC2. The molecule has 5 rings (SSSR count). The summed E-state index contributed by atoms with van der Waals surface area (Å²) in [6.07, 6.45) is 6.43. The molecule has 4 N–H and O–H groups in total. The van der Waals surface area contributed by atoms with Crippen molar-refractivity contribution < 1.29 is 34.4 Å². The monoisotopic (exact) mass is 579 g/mol. The summed E-state index contributed by atoms with van der Waals surface area (Å²) < 4.78 is 5.77. The van der Waals surface area contributed by atoms with Crippen LogP contribution in [-0.2, 0) is 16.1 Å². The van der Waals surface area contributed by atoms with Crippen LogP contribution in [0, 0.1) is 0 Å². The molecule has 2 aromatic carbocycles. The number of piperidine rings is 1. The maximum Gasteiger partial charge on any atom is 0.339 e. The van der Waals surface area contributed by atoms with Crippen LogP contribution in [0.4, 0.5) is 0 Å². The summed E-state index contributed by atoms with van der Waals surface area (Å²) in [6.45, 7) is 4.66. The standard InChI is InChI=1S/C32H41N3O7/c1-2-3-16-35-28(37)26(20-31(41)12-4-5-13-31)33-30(40)32(35)14-17-34(18-15-32)21-22-6-8-23(9-7-22)42-24-10-11-25(29(38)39)27(36)19-24/h6-11,19,26,36,41H,2-5,12-18,20-21H2,1H3,(H,33,40)(H,38,39)/t26-/m1/s1. The summed E-state index contributed by atoms with van der Waals surface area (Å²) >= 11 is 0. The normalized spacial score (nSPS) is 21.9. The van der Waals surface area contributed by atoms with Crippen LogP contribution in [0.1, 0.15) is 80.6 Å². The molecule has 10 nitrogen and oxygen atoms in total. The van der Waals surface area contributed by atoms with Crippen LogP contribution in [0.3, 0.4) is 0 Å². The Kier molecular flexibility index (Phi) is 8.75. The van der Waals surface area contributed by atoms with Crippen molar-refractivity contribution in [3.05, 3.63) is 53.6 Å². The lowest BCUT2D eigenvalue weighted by molar-refractivity contribution is -0.163. The second-order valence-electron chi connectivity index (χ2n) is 12.0. The van der Waals surface area contributed by atoms with E-state index >= 15 is 0 Å². The Balaban J connectivity index is 1.20. The van der Waals surface area contributed by atoms with Gasteiger partial charge in [-0.25, -0.2) is 4.79 Å². The van der Waals surface area contributed by atoms with Crippen molar-refractivity contribution in [2.75, 3.05) is 19.6 Å². The summed E-state index contributed by atoms with van der Waals surface area (Å²) in [7, 11) is 0. The lowest BCUT2D eigenvalue weighted by atomic mass is 9.80. The van der Waals surface area contributed by atoms with E-state index < -0.39 is 23.2 Å². The number of hydrogen-bond donors (Lipinski definition) is 4. The van der Waals surface area contributed by atoms with Gasteiger partial charge in [0.15, 0.2) is 0 Å². The van der Waals surface area contributed by atoms with E-state index in [1.54, 1.807) is 0 Å². The third-order valence-corrected chi connectivity index (χ3v) is 9.11. The number of carboxylic acids is 1. The van der Waals surface area contributed by atoms with Gasteiger partial charge in [0.05, 0.1) is 5.60 Å². The molecule has 0 unspecified atom stereocenters. The van der Waals surface area contributed by atoms with Gasteiger partial charge in [-0.3, -0.25) is 14.5 Å². The number of aromatic carboxylic acids is 1. The number of benzene rings is 2. The molecule has 2 aromatic rings. The van der Waals surface area contributed by atoms with Gasteiger partial charge in [-0.1, -0.05) is 38.3 Å². The Hall–Kier alpha value is -3.63. The number of nitrogens with one attached hydrogen (secondary N) is 1. The van der Waals surface area contributed by atoms with Gasteiger partial charge in [0.2, 0.25) is 11.8 Å². The highest BCUT2D eigenvalue weighted by molar-refractivity contribution is 6.00. The van der Waals surface area contributed by atoms with E-state index in [9.17, 15) is 24.6 Å². The number of nitrogens with zero attached hydrogens (tertiary/aromatic N) is 2. The number of carbonyl (C=O) groups excluding carboxylic acids is 2. The van der Waals surface area contributed by atoms with Crippen molar-refractivity contribution >= 4 is 17.8 Å². The molecule has 42 heavy (non-hydrogen) atoms. The lowest BCUT2D eigenvalue weighted by Gasteiger charge is -2.52. The number of likely N-dealkylation sites (tertiary alicyclic amines) is 1. The fourth-order valence-electron chi connectivity index (χ4n) is 6.66. The molecule has 3 aliphatic rings. The summed E-state index contributed by atoms with van der Waals surface area (Å²) in [5, 5.41) is 32.9. The molecule has 0 bridgehead atoms. The molecule has 3 fully saturated rings. The summed E-state index contributed by atoms with van der Waals surface area (Å²) in [4.78, 5) is 42.6. The molecule has 10 heteroatoms. The minimum Gasteiger partial charge on any atom is -0.507 e. The maximum atomic E-state index is 13.7. The van der Waals surface area contributed by atoms with Gasteiger partial charge < -0.3 is 30.3 Å². The zero-order valence-electron chi connectivity index (χ0n) is 24.2. The van der Waals surface area contributed by atoms with Gasteiger partial charge in [0, 0.05) is 38.7 Å². The Morgan fingerprint density at radius 2 is 1.69 bits per heavy atom. The first kappa shape index (κ1) is 29.8. The summed E-state index contributed by atoms with van der Waals surface area (Å²) in [6, 6.07) is 10.9. The molecule has 1 atom stereocenters. The number of carboxylic acid groups (broad SMARTS) is 1. The number of phenols is 1. The number of aromatic hydroxyl groups is 1. The fraction of sp³-hybridized carbons (Fsp3) is 0.531. The fourth-order valence-corrected chi connectivity index (χ4v) is 6.66. The lowest BCUT2D eigenvalue weighted by Crippen LogP contribution is -2.73. The van der Waals surface area contributed by atoms with Gasteiger partial charge in [-0.2, -0.15) is 0 Å². The summed E-state index contributed by atoms with van der Waals surface area (Å²) in [5.74, 6) is -0.826. The molecule has 2 aliphatic heterocycles. The molecule has 0 aromatic heterocycles. The van der Waals surface area contributed by atoms with Crippen molar-refractivity contribution in [3.8, 4) is 17.2 Å². The molecule has 2 amide bonds. The topological polar surface area (TPSA) is 140 Å². The molecule has 1 aliphatic carbocycles. The van der Waals surface area contributed by atoms with E-state index in [1.165, 1.54) is 18.2 Å². The second-order valence-corrected chi connectivity index (χ2v) is 12.0. The van der Waals surface area contributed by atoms with Crippen LogP contribution in [0.2, 0.25) is 0 Å². The van der Waals surface area contributed by atoms with Crippen LogP contribution in [0.15, 0.2) is 42.5 Å². The van der Waals surface area contributed by atoms with E-state index in [0.29, 0.717) is 63.4 Å². The minimum absolute atomic E-state index is 0.0571. The number of rotatable bonds is 10. The Labute approximate surface area is 246 Å². The first-order chi connectivity index (χ1) is 20.1. The van der Waals surface area contributed by atoms with Gasteiger partial charge in [0.1, 0.15) is 34.4 Å². The largest absolute Gasteiger partial charge is 0.507 e. The van der Waals surface area contributed by atoms with Crippen molar-refractivity contribution in [3.63, 3.8) is 0 Å². The average molecular weight is 580 g/mol. The highest BCUT2D eigenvalue weighted by atomic mass is 16.5. The number of aliphatic hydroxyl groups is 1. The van der Waals surface area contributed by atoms with E-state index in [-0.39, 0.29) is 29.5 Å². The molecule has 226 valence electrons. The number of hydrogen-bond acceptors (Lipinski definition) is 7. The molecule has 0 radical (unpaired) electrons. The molecule has 1 spiro atoms. The van der Waals surface area contributed by atoms with Crippen molar-refractivity contribution in [1.82, 2.24) is 15.1 Å². The quantitative estimate of drug-likeness (QED) is 0.331. The molecular weight excluding hydrogens is 538 g/mol. The first-order valence-corrected chi connectivity index (χ1v) is 15.0. The molecule has 1 saturated carbocycles. The number of unbranched alkanes of at least 4 members (excludes halogenated alkanes) is 1. The van der Waals surface area contributed by atoms with Crippen LogP contribution < -0.4 is 10.1 Å². The van der Waals surface area contributed by atoms with Crippen LogP contribution in [-0.4, -0.2) is 79.7 Å². The molecule has 2 saturated heterocycles. The Morgan fingerprint density at radius 1 is 1.02 bits per heavy atom. The smallest absolute Gasteiger partial charge is 0.339 e. The number of carbonyl (C=O) groups is 3. The number of piperazine rings is 1. The zero-order chi connectivity index (χ0) is 29.9. The average Bonchev–Trinajstić information content (AvgIpc) is 3.39. The summed E-state index contributed by atoms with van der Waals surface area (Å²) in [5.41, 5.74) is -0.839. The van der Waals surface area contributed by atoms with E-state index in [2.05, 4.69) is 17.1 Å². The van der Waals surface area contributed by atoms with Gasteiger partial charge in [-0.05, 0) is 61.9 Å². The minimum atomic E-state index is -1.21.